The van der Waals surface area contributed by atoms with Crippen LogP contribution in [0.1, 0.15) is 28.3 Å². The Hall–Kier alpha value is -4.36. The first-order valence-electron chi connectivity index (χ1n) is 15.1. The van der Waals surface area contributed by atoms with Gasteiger partial charge in [0, 0.05) is 49.2 Å². The van der Waals surface area contributed by atoms with Gasteiger partial charge in [-0.2, -0.15) is 0 Å². The van der Waals surface area contributed by atoms with Crippen LogP contribution in [0.5, 0.6) is 0 Å². The number of carbonyl (C=O) groups is 1. The molecular weight excluding hydrogens is 530 g/mol. The number of nitrogens with zero attached hydrogens (tertiary/aromatic N) is 4. The molecule has 1 unspecified atom stereocenters. The van der Waals surface area contributed by atoms with Gasteiger partial charge in [0.2, 0.25) is 5.91 Å². The van der Waals surface area contributed by atoms with E-state index >= 15 is 0 Å². The van der Waals surface area contributed by atoms with Crippen molar-refractivity contribution in [2.75, 3.05) is 39.8 Å². The van der Waals surface area contributed by atoms with Gasteiger partial charge in [0.15, 0.2) is 0 Å². The zero-order chi connectivity index (χ0) is 29.6. The van der Waals surface area contributed by atoms with E-state index in [1.54, 1.807) is 0 Å². The number of aromatic nitrogens is 1. The van der Waals surface area contributed by atoms with Crippen molar-refractivity contribution in [1.29, 1.82) is 0 Å². The highest BCUT2D eigenvalue weighted by Gasteiger charge is 2.29. The lowest BCUT2D eigenvalue weighted by molar-refractivity contribution is -0.128. The SMILES string of the molecule is Cc1cccc2cc(C(c3ccccc3)N(CC(=O)NN3CCN(C)CC3)Cc3ccccc3)c(-c3ccccc3)nc12. The average Bonchev–Trinajstić information content (AvgIpc) is 3.03. The van der Waals surface area contributed by atoms with E-state index in [9.17, 15) is 4.79 Å². The van der Waals surface area contributed by atoms with Crippen LogP contribution in [0.4, 0.5) is 0 Å². The predicted molar refractivity (Wildman–Crippen MR) is 174 cm³/mol. The van der Waals surface area contributed by atoms with Crippen molar-refractivity contribution >= 4 is 16.8 Å². The van der Waals surface area contributed by atoms with E-state index in [4.69, 9.17) is 4.98 Å². The molecule has 43 heavy (non-hydrogen) atoms. The maximum Gasteiger partial charge on any atom is 0.248 e. The van der Waals surface area contributed by atoms with Crippen LogP contribution in [0.3, 0.4) is 0 Å². The van der Waals surface area contributed by atoms with Gasteiger partial charge in [-0.05, 0) is 36.7 Å². The van der Waals surface area contributed by atoms with E-state index in [1.807, 2.05) is 18.2 Å². The van der Waals surface area contributed by atoms with Gasteiger partial charge < -0.3 is 4.90 Å². The fraction of sp³-hybridized carbons (Fsp3) is 0.243. The van der Waals surface area contributed by atoms with Gasteiger partial charge in [-0.15, -0.1) is 0 Å². The second-order valence-electron chi connectivity index (χ2n) is 11.5. The number of nitrogens with one attached hydrogen (secondary N) is 1. The van der Waals surface area contributed by atoms with Gasteiger partial charge in [0.05, 0.1) is 23.8 Å². The molecule has 6 rings (SSSR count). The van der Waals surface area contributed by atoms with Crippen molar-refractivity contribution in [1.82, 2.24) is 25.2 Å². The molecule has 4 aromatic carbocycles. The largest absolute Gasteiger partial charge is 0.304 e. The number of hydrogen-bond donors (Lipinski definition) is 1. The summed E-state index contributed by atoms with van der Waals surface area (Å²) in [6.45, 7) is 6.46. The Morgan fingerprint density at radius 3 is 2.19 bits per heavy atom. The number of likely N-dealkylation sites (N-methyl/N-ethyl adjacent to an activating group) is 1. The summed E-state index contributed by atoms with van der Waals surface area (Å²) in [5.41, 5.74) is 10.7. The third-order valence-electron chi connectivity index (χ3n) is 8.26. The number of aryl methyl sites for hydroxylation is 1. The van der Waals surface area contributed by atoms with Crippen LogP contribution in [-0.2, 0) is 11.3 Å². The topological polar surface area (TPSA) is 51.7 Å². The Balaban J connectivity index is 1.48. The van der Waals surface area contributed by atoms with Crippen LogP contribution in [0.25, 0.3) is 22.2 Å². The minimum absolute atomic E-state index is 0.00716. The van der Waals surface area contributed by atoms with Crippen molar-refractivity contribution in [3.05, 3.63) is 138 Å². The highest BCUT2D eigenvalue weighted by molar-refractivity contribution is 5.86. The van der Waals surface area contributed by atoms with Crippen LogP contribution in [0.2, 0.25) is 0 Å². The molecule has 1 aliphatic rings. The summed E-state index contributed by atoms with van der Waals surface area (Å²) < 4.78 is 0. The molecule has 0 spiro atoms. The quantitative estimate of drug-likeness (QED) is 0.233. The second kappa shape index (κ2) is 13.3. The van der Waals surface area contributed by atoms with E-state index in [0.717, 1.165) is 70.6 Å². The molecule has 1 amide bonds. The lowest BCUT2D eigenvalue weighted by Gasteiger charge is -2.35. The summed E-state index contributed by atoms with van der Waals surface area (Å²) in [6, 6.07) is 39.8. The molecule has 6 heteroatoms. The summed E-state index contributed by atoms with van der Waals surface area (Å²) in [6.07, 6.45) is 0. The molecule has 218 valence electrons. The zero-order valence-electron chi connectivity index (χ0n) is 25.0. The van der Waals surface area contributed by atoms with E-state index < -0.39 is 0 Å². The number of carbonyl (C=O) groups excluding carboxylic acids is 1. The predicted octanol–water partition coefficient (Wildman–Crippen LogP) is 6.08. The van der Waals surface area contributed by atoms with Crippen molar-refractivity contribution in [2.45, 2.75) is 19.5 Å². The summed E-state index contributed by atoms with van der Waals surface area (Å²) in [4.78, 5) is 23.6. The fourth-order valence-corrected chi connectivity index (χ4v) is 5.99. The number of hydrogen-bond acceptors (Lipinski definition) is 5. The lowest BCUT2D eigenvalue weighted by atomic mass is 9.91. The number of benzene rings is 4. The third kappa shape index (κ3) is 6.83. The molecule has 5 aromatic rings. The van der Waals surface area contributed by atoms with Gasteiger partial charge >= 0.3 is 0 Å². The molecule has 1 N–H and O–H groups in total. The van der Waals surface area contributed by atoms with Gasteiger partial charge in [-0.1, -0.05) is 109 Å². The van der Waals surface area contributed by atoms with E-state index in [-0.39, 0.29) is 18.5 Å². The first-order chi connectivity index (χ1) is 21.0. The molecule has 0 aliphatic carbocycles. The molecule has 0 bridgehead atoms. The van der Waals surface area contributed by atoms with Crippen LogP contribution in [0.15, 0.2) is 115 Å². The van der Waals surface area contributed by atoms with Crippen molar-refractivity contribution < 1.29 is 4.79 Å². The molecular formula is C37H39N5O. The molecule has 0 radical (unpaired) electrons. The Labute approximate surface area is 254 Å². The van der Waals surface area contributed by atoms with E-state index in [0.29, 0.717) is 6.54 Å². The Morgan fingerprint density at radius 2 is 1.49 bits per heavy atom. The first-order valence-corrected chi connectivity index (χ1v) is 15.1. The van der Waals surface area contributed by atoms with Crippen molar-refractivity contribution in [2.24, 2.45) is 0 Å². The van der Waals surface area contributed by atoms with Crippen molar-refractivity contribution in [3.63, 3.8) is 0 Å². The van der Waals surface area contributed by atoms with E-state index in [1.165, 1.54) is 0 Å². The Bertz CT molecular complexity index is 1650. The zero-order valence-corrected chi connectivity index (χ0v) is 25.0. The minimum Gasteiger partial charge on any atom is -0.304 e. The molecule has 6 nitrogen and oxygen atoms in total. The van der Waals surface area contributed by atoms with Crippen LogP contribution < -0.4 is 5.43 Å². The number of hydrazine groups is 1. The van der Waals surface area contributed by atoms with Crippen LogP contribution >= 0.6 is 0 Å². The summed E-state index contributed by atoms with van der Waals surface area (Å²) in [5.74, 6) is -0.00716. The molecule has 1 saturated heterocycles. The number of para-hydroxylation sites is 1. The summed E-state index contributed by atoms with van der Waals surface area (Å²) in [5, 5.41) is 3.15. The molecule has 1 aliphatic heterocycles. The standard InChI is InChI=1S/C37H39N5O/c1-28-13-12-20-32-25-33(36(38-35(28)32)30-16-8-4-9-17-30)37(31-18-10-5-11-19-31)41(26-29-14-6-3-7-15-29)27-34(43)39-42-23-21-40(2)22-24-42/h3-20,25,37H,21-24,26-27H2,1-2H3,(H,39,43). The Kier molecular flexibility index (Phi) is 8.89. The number of piperazine rings is 1. The molecule has 1 atom stereocenters. The Morgan fingerprint density at radius 1 is 0.837 bits per heavy atom. The average molecular weight is 570 g/mol. The highest BCUT2D eigenvalue weighted by atomic mass is 16.2. The highest BCUT2D eigenvalue weighted by Crippen LogP contribution is 2.38. The molecule has 0 saturated carbocycles. The fourth-order valence-electron chi connectivity index (χ4n) is 5.99. The van der Waals surface area contributed by atoms with Gasteiger partial charge in [-0.3, -0.25) is 15.1 Å². The first kappa shape index (κ1) is 28.7. The van der Waals surface area contributed by atoms with Gasteiger partial charge in [0.1, 0.15) is 0 Å². The minimum atomic E-state index is -0.215. The maximum absolute atomic E-state index is 13.7. The smallest absolute Gasteiger partial charge is 0.248 e. The number of pyridine rings is 1. The van der Waals surface area contributed by atoms with E-state index in [2.05, 4.69) is 131 Å². The molecule has 2 heterocycles. The maximum atomic E-state index is 13.7. The normalized spacial score (nSPS) is 15.0. The number of rotatable bonds is 9. The monoisotopic (exact) mass is 569 g/mol. The van der Waals surface area contributed by atoms with Gasteiger partial charge in [-0.25, -0.2) is 9.99 Å². The van der Waals surface area contributed by atoms with Crippen LogP contribution in [0, 0.1) is 6.92 Å². The molecule has 1 fully saturated rings. The van der Waals surface area contributed by atoms with Crippen molar-refractivity contribution in [3.8, 4) is 11.3 Å². The van der Waals surface area contributed by atoms with Gasteiger partial charge in [0.25, 0.3) is 0 Å². The second-order valence-corrected chi connectivity index (χ2v) is 11.5. The lowest BCUT2D eigenvalue weighted by Crippen LogP contribution is -2.54. The molecule has 1 aromatic heterocycles. The number of amides is 1. The number of fused-ring (bicyclic) bond motifs is 1. The van der Waals surface area contributed by atoms with Crippen LogP contribution in [-0.4, -0.2) is 65.5 Å². The summed E-state index contributed by atoms with van der Waals surface area (Å²) in [7, 11) is 2.12. The third-order valence-corrected chi connectivity index (χ3v) is 8.26. The summed E-state index contributed by atoms with van der Waals surface area (Å²) >= 11 is 0.